The normalized spacial score (nSPS) is 31.4. The molecule has 2 unspecified atom stereocenters. The summed E-state index contributed by atoms with van der Waals surface area (Å²) in [5.41, 5.74) is -0.0423. The molecule has 2 fully saturated rings. The van der Waals surface area contributed by atoms with E-state index in [1.807, 2.05) is 20.8 Å². The molecule has 25 heavy (non-hydrogen) atoms. The van der Waals surface area contributed by atoms with E-state index in [0.717, 1.165) is 31.6 Å². The van der Waals surface area contributed by atoms with Gasteiger partial charge in [-0.25, -0.2) is 4.79 Å². The molecule has 0 aliphatic heterocycles. The largest absolute Gasteiger partial charge is 0.444 e. The van der Waals surface area contributed by atoms with Crippen LogP contribution in [0.5, 0.6) is 0 Å². The number of ether oxygens (including phenoxy) is 1. The fraction of sp³-hybridized carbons (Fsp3) is 0.952. The highest BCUT2D eigenvalue weighted by Gasteiger charge is 2.35. The highest BCUT2D eigenvalue weighted by molar-refractivity contribution is 5.68. The number of nitrogens with one attached hydrogen (secondary N) is 2. The lowest BCUT2D eigenvalue weighted by Gasteiger charge is -2.43. The van der Waals surface area contributed by atoms with E-state index in [9.17, 15) is 4.79 Å². The van der Waals surface area contributed by atoms with Gasteiger partial charge in [-0.15, -0.1) is 0 Å². The molecule has 2 aliphatic carbocycles. The van der Waals surface area contributed by atoms with Crippen LogP contribution in [0.25, 0.3) is 0 Å². The van der Waals surface area contributed by atoms with Crippen molar-refractivity contribution < 1.29 is 9.53 Å². The minimum Gasteiger partial charge on any atom is -0.444 e. The Bertz CT molecular complexity index is 428. The molecule has 2 rings (SSSR count). The SMILES string of the molecule is CC(C)(C)OC(=O)NC1CCC(NC2CCCCC2C(C)(C)C)CC1. The molecule has 0 aromatic carbocycles. The van der Waals surface area contributed by atoms with Crippen molar-refractivity contribution in [1.82, 2.24) is 10.6 Å². The Morgan fingerprint density at radius 3 is 1.96 bits per heavy atom. The van der Waals surface area contributed by atoms with Gasteiger partial charge in [0.15, 0.2) is 0 Å². The third-order valence-electron chi connectivity index (χ3n) is 5.78. The summed E-state index contributed by atoms with van der Waals surface area (Å²) in [6, 6.07) is 1.52. The second-order valence-electron chi connectivity index (χ2n) is 10.2. The molecule has 2 N–H and O–H groups in total. The first-order valence-corrected chi connectivity index (χ1v) is 10.3. The van der Waals surface area contributed by atoms with Gasteiger partial charge in [0.25, 0.3) is 0 Å². The summed E-state index contributed by atoms with van der Waals surface area (Å²) in [4.78, 5) is 11.9. The first-order chi connectivity index (χ1) is 11.5. The minimum atomic E-state index is -0.425. The smallest absolute Gasteiger partial charge is 0.407 e. The third-order valence-corrected chi connectivity index (χ3v) is 5.78. The van der Waals surface area contributed by atoms with E-state index in [1.165, 1.54) is 25.7 Å². The molecule has 4 heteroatoms. The van der Waals surface area contributed by atoms with Crippen molar-refractivity contribution in [2.75, 3.05) is 0 Å². The zero-order valence-electron chi connectivity index (χ0n) is 17.3. The Morgan fingerprint density at radius 2 is 1.40 bits per heavy atom. The fourth-order valence-corrected chi connectivity index (χ4v) is 4.55. The number of carbonyl (C=O) groups excluding carboxylic acids is 1. The molecule has 0 bridgehead atoms. The van der Waals surface area contributed by atoms with Gasteiger partial charge in [0.2, 0.25) is 0 Å². The van der Waals surface area contributed by atoms with E-state index in [1.54, 1.807) is 0 Å². The topological polar surface area (TPSA) is 50.4 Å². The van der Waals surface area contributed by atoms with Crippen LogP contribution in [0.1, 0.15) is 92.9 Å². The van der Waals surface area contributed by atoms with Crippen LogP contribution >= 0.6 is 0 Å². The van der Waals surface area contributed by atoms with E-state index in [2.05, 4.69) is 31.4 Å². The van der Waals surface area contributed by atoms with E-state index in [0.29, 0.717) is 17.5 Å². The van der Waals surface area contributed by atoms with Crippen LogP contribution in [0.4, 0.5) is 4.79 Å². The van der Waals surface area contributed by atoms with Crippen LogP contribution < -0.4 is 10.6 Å². The molecule has 1 amide bonds. The zero-order valence-corrected chi connectivity index (χ0v) is 17.3. The number of hydrogen-bond donors (Lipinski definition) is 2. The molecule has 2 atom stereocenters. The predicted molar refractivity (Wildman–Crippen MR) is 104 cm³/mol. The van der Waals surface area contributed by atoms with Gasteiger partial charge in [-0.3, -0.25) is 0 Å². The third kappa shape index (κ3) is 6.80. The van der Waals surface area contributed by atoms with Gasteiger partial charge >= 0.3 is 6.09 Å². The van der Waals surface area contributed by atoms with Crippen molar-refractivity contribution in [2.24, 2.45) is 11.3 Å². The second kappa shape index (κ2) is 8.28. The molecule has 0 aromatic heterocycles. The molecule has 4 nitrogen and oxygen atoms in total. The monoisotopic (exact) mass is 352 g/mol. The van der Waals surface area contributed by atoms with E-state index in [-0.39, 0.29) is 12.1 Å². The Labute approximate surface area is 154 Å². The van der Waals surface area contributed by atoms with Crippen molar-refractivity contribution in [2.45, 2.75) is 117 Å². The first-order valence-electron chi connectivity index (χ1n) is 10.3. The Balaban J connectivity index is 1.77. The summed E-state index contributed by atoms with van der Waals surface area (Å²) in [6.45, 7) is 12.9. The number of hydrogen-bond acceptors (Lipinski definition) is 3. The van der Waals surface area contributed by atoms with Gasteiger partial charge in [-0.2, -0.15) is 0 Å². The van der Waals surface area contributed by atoms with Crippen LogP contribution in [0, 0.1) is 11.3 Å². The number of alkyl carbamates (subject to hydrolysis) is 1. The highest BCUT2D eigenvalue weighted by atomic mass is 16.6. The van der Waals surface area contributed by atoms with E-state index < -0.39 is 5.60 Å². The molecule has 0 aromatic rings. The molecular formula is C21H40N2O2. The summed E-state index contributed by atoms with van der Waals surface area (Å²) in [6.07, 6.45) is 9.53. The number of rotatable bonds is 3. The van der Waals surface area contributed by atoms with Gasteiger partial charge in [-0.05, 0) is 70.6 Å². The average molecular weight is 353 g/mol. The summed E-state index contributed by atoms with van der Waals surface area (Å²) in [7, 11) is 0. The lowest BCUT2D eigenvalue weighted by atomic mass is 9.69. The molecule has 0 saturated heterocycles. The zero-order chi connectivity index (χ0) is 18.7. The van der Waals surface area contributed by atoms with Crippen molar-refractivity contribution in [3.8, 4) is 0 Å². The van der Waals surface area contributed by atoms with Crippen LogP contribution in [0.15, 0.2) is 0 Å². The van der Waals surface area contributed by atoms with Gasteiger partial charge in [0, 0.05) is 18.1 Å². The molecule has 0 spiro atoms. The van der Waals surface area contributed by atoms with Gasteiger partial charge in [0.1, 0.15) is 5.60 Å². The summed E-state index contributed by atoms with van der Waals surface area (Å²) >= 11 is 0. The Morgan fingerprint density at radius 1 is 0.840 bits per heavy atom. The second-order valence-corrected chi connectivity index (χ2v) is 10.2. The summed E-state index contributed by atoms with van der Waals surface area (Å²) < 4.78 is 5.37. The van der Waals surface area contributed by atoms with Gasteiger partial charge in [0.05, 0.1) is 0 Å². The number of amides is 1. The molecule has 2 aliphatic rings. The summed E-state index contributed by atoms with van der Waals surface area (Å²) in [5.74, 6) is 0.777. The molecule has 2 saturated carbocycles. The Hall–Kier alpha value is -0.770. The maximum absolute atomic E-state index is 11.9. The van der Waals surface area contributed by atoms with Gasteiger partial charge < -0.3 is 15.4 Å². The van der Waals surface area contributed by atoms with Crippen LogP contribution in [0.3, 0.4) is 0 Å². The average Bonchev–Trinajstić information content (AvgIpc) is 2.47. The van der Waals surface area contributed by atoms with Gasteiger partial charge in [-0.1, -0.05) is 33.6 Å². The standard InChI is InChI=1S/C21H40N2O2/c1-20(2,3)17-9-7-8-10-18(17)22-15-11-13-16(14-12-15)23-19(24)25-21(4,5)6/h15-18,22H,7-14H2,1-6H3,(H,23,24). The van der Waals surface area contributed by atoms with Crippen molar-refractivity contribution >= 4 is 6.09 Å². The molecule has 0 heterocycles. The van der Waals surface area contributed by atoms with Crippen LogP contribution in [-0.2, 0) is 4.74 Å². The fourth-order valence-electron chi connectivity index (χ4n) is 4.55. The highest BCUT2D eigenvalue weighted by Crippen LogP contribution is 2.38. The maximum atomic E-state index is 11.9. The molecular weight excluding hydrogens is 312 g/mol. The summed E-state index contributed by atoms with van der Waals surface area (Å²) in [5, 5.41) is 7.03. The quantitative estimate of drug-likeness (QED) is 0.750. The number of carbonyl (C=O) groups is 1. The van der Waals surface area contributed by atoms with Crippen molar-refractivity contribution in [3.05, 3.63) is 0 Å². The molecule has 146 valence electrons. The van der Waals surface area contributed by atoms with Crippen LogP contribution in [0.2, 0.25) is 0 Å². The van der Waals surface area contributed by atoms with Crippen molar-refractivity contribution in [1.29, 1.82) is 0 Å². The first kappa shape index (κ1) is 20.5. The Kier molecular flexibility index (Phi) is 6.80. The van der Waals surface area contributed by atoms with Crippen molar-refractivity contribution in [3.63, 3.8) is 0 Å². The maximum Gasteiger partial charge on any atom is 0.407 e. The van der Waals surface area contributed by atoms with E-state index in [4.69, 9.17) is 4.74 Å². The minimum absolute atomic E-state index is 0.262. The molecule has 0 radical (unpaired) electrons. The predicted octanol–water partition coefficient (Wildman–Crippen LogP) is 5.02. The van der Waals surface area contributed by atoms with Crippen LogP contribution in [-0.4, -0.2) is 29.8 Å². The van der Waals surface area contributed by atoms with E-state index >= 15 is 0 Å². The lowest BCUT2D eigenvalue weighted by molar-refractivity contribution is 0.0485. The lowest BCUT2D eigenvalue weighted by Crippen LogP contribution is -2.50.